The number of sulfonamides is 1. The van der Waals surface area contributed by atoms with Crippen LogP contribution in [0.25, 0.3) is 0 Å². The fourth-order valence-electron chi connectivity index (χ4n) is 4.31. The summed E-state index contributed by atoms with van der Waals surface area (Å²) in [5.74, 6) is 0.461. The van der Waals surface area contributed by atoms with Gasteiger partial charge in [-0.25, -0.2) is 13.1 Å². The van der Waals surface area contributed by atoms with Gasteiger partial charge in [-0.1, -0.05) is 29.8 Å². The molecule has 1 aromatic carbocycles. The van der Waals surface area contributed by atoms with Gasteiger partial charge in [-0.2, -0.15) is 0 Å². The van der Waals surface area contributed by atoms with Gasteiger partial charge >= 0.3 is 0 Å². The van der Waals surface area contributed by atoms with Crippen LogP contribution in [0.1, 0.15) is 36.8 Å². The summed E-state index contributed by atoms with van der Waals surface area (Å²) in [6, 6.07) is 8.66. The number of aryl methyl sites for hydroxylation is 1. The van der Waals surface area contributed by atoms with Gasteiger partial charge in [-0.05, 0) is 44.1 Å². The first-order chi connectivity index (χ1) is 12.0. The van der Waals surface area contributed by atoms with E-state index in [0.717, 1.165) is 51.9 Å². The number of rotatable bonds is 7. The molecule has 2 heterocycles. The van der Waals surface area contributed by atoms with Gasteiger partial charge in [0.25, 0.3) is 0 Å². The first-order valence-electron chi connectivity index (χ1n) is 9.37. The number of ether oxygens (including phenoxy) is 1. The quantitative estimate of drug-likeness (QED) is 0.805. The van der Waals surface area contributed by atoms with Crippen molar-refractivity contribution in [2.75, 3.05) is 26.2 Å². The van der Waals surface area contributed by atoms with E-state index in [2.05, 4.69) is 40.8 Å². The van der Waals surface area contributed by atoms with Gasteiger partial charge in [0.1, 0.15) is 0 Å². The number of likely N-dealkylation sites (tertiary alicyclic amines) is 1. The predicted molar refractivity (Wildman–Crippen MR) is 97.8 cm³/mol. The molecule has 1 spiro atoms. The third-order valence-electron chi connectivity index (χ3n) is 5.83. The monoisotopic (exact) mass is 364 g/mol. The van der Waals surface area contributed by atoms with Crippen molar-refractivity contribution in [2.45, 2.75) is 50.0 Å². The smallest absolute Gasteiger partial charge is 0.214 e. The van der Waals surface area contributed by atoms with Crippen LogP contribution >= 0.6 is 0 Å². The summed E-state index contributed by atoms with van der Waals surface area (Å²) in [7, 11) is -3.06. The summed E-state index contributed by atoms with van der Waals surface area (Å²) in [5, 5.41) is -0.130. The zero-order chi connectivity index (χ0) is 17.5. The summed E-state index contributed by atoms with van der Waals surface area (Å²) < 4.78 is 32.8. The highest BCUT2D eigenvalue weighted by Crippen LogP contribution is 2.42. The van der Waals surface area contributed by atoms with Crippen molar-refractivity contribution in [1.82, 2.24) is 9.62 Å². The van der Waals surface area contributed by atoms with Crippen LogP contribution < -0.4 is 4.72 Å². The third kappa shape index (κ3) is 3.77. The molecule has 5 nitrogen and oxygen atoms in total. The van der Waals surface area contributed by atoms with Crippen LogP contribution in [0.15, 0.2) is 24.3 Å². The normalized spacial score (nSPS) is 26.0. The lowest BCUT2D eigenvalue weighted by Gasteiger charge is -2.50. The molecule has 1 N–H and O–H groups in total. The second kappa shape index (κ2) is 6.65. The van der Waals surface area contributed by atoms with Gasteiger partial charge in [-0.15, -0.1) is 0 Å². The molecule has 138 valence electrons. The highest BCUT2D eigenvalue weighted by Gasteiger charge is 2.52. The van der Waals surface area contributed by atoms with Gasteiger partial charge in [0, 0.05) is 32.8 Å². The van der Waals surface area contributed by atoms with Crippen molar-refractivity contribution in [3.63, 3.8) is 0 Å². The second-order valence-electron chi connectivity index (χ2n) is 7.96. The summed E-state index contributed by atoms with van der Waals surface area (Å²) in [4.78, 5) is 2.43. The van der Waals surface area contributed by atoms with Gasteiger partial charge in [0.15, 0.2) is 0 Å². The lowest BCUT2D eigenvalue weighted by molar-refractivity contribution is -0.136. The standard InChI is InChI=1S/C19H28N2O3S/c1-15-3-2-4-16(11-15)12-21-13-19(14-21)17(8-10-24-19)7-9-20-25(22,23)18-5-6-18/h2-4,11,17-18,20H,5-10,12-14H2,1H3/t17-/m1/s1. The average molecular weight is 365 g/mol. The Hall–Kier alpha value is -0.950. The summed E-state index contributed by atoms with van der Waals surface area (Å²) in [6.07, 6.45) is 3.56. The van der Waals surface area contributed by atoms with E-state index in [-0.39, 0.29) is 10.9 Å². The van der Waals surface area contributed by atoms with Gasteiger partial charge < -0.3 is 4.74 Å². The molecule has 2 aliphatic heterocycles. The van der Waals surface area contributed by atoms with Crippen LogP contribution in [0.5, 0.6) is 0 Å². The number of hydrogen-bond donors (Lipinski definition) is 1. The average Bonchev–Trinajstić information content (AvgIpc) is 3.30. The molecule has 0 aromatic heterocycles. The summed E-state index contributed by atoms with van der Waals surface area (Å²) in [5.41, 5.74) is 2.60. The number of nitrogens with one attached hydrogen (secondary N) is 1. The SMILES string of the molecule is Cc1cccc(CN2CC3(C2)OCC[C@H]3CCNS(=O)(=O)C2CC2)c1. The van der Waals surface area contributed by atoms with E-state index in [4.69, 9.17) is 4.74 Å². The Kier molecular flexibility index (Phi) is 4.65. The molecule has 25 heavy (non-hydrogen) atoms. The lowest BCUT2D eigenvalue weighted by Crippen LogP contribution is -2.64. The maximum absolute atomic E-state index is 11.9. The fraction of sp³-hybridized carbons (Fsp3) is 0.684. The van der Waals surface area contributed by atoms with Gasteiger partial charge in [0.2, 0.25) is 10.0 Å². The van der Waals surface area contributed by atoms with Crippen LogP contribution in [0.4, 0.5) is 0 Å². The molecule has 0 amide bonds. The maximum Gasteiger partial charge on any atom is 0.214 e. The predicted octanol–water partition coefficient (Wildman–Crippen LogP) is 2.06. The van der Waals surface area contributed by atoms with E-state index in [1.807, 2.05) is 0 Å². The molecule has 3 fully saturated rings. The minimum atomic E-state index is -3.06. The van der Waals surface area contributed by atoms with Crippen molar-refractivity contribution in [3.8, 4) is 0 Å². The first kappa shape index (κ1) is 17.5. The minimum Gasteiger partial charge on any atom is -0.372 e. The molecule has 1 aliphatic carbocycles. The molecular formula is C19H28N2O3S. The van der Waals surface area contributed by atoms with Gasteiger partial charge in [-0.3, -0.25) is 4.90 Å². The zero-order valence-corrected chi connectivity index (χ0v) is 15.7. The van der Waals surface area contributed by atoms with Crippen LogP contribution in [0.2, 0.25) is 0 Å². The molecule has 2 saturated heterocycles. The maximum atomic E-state index is 11.9. The topological polar surface area (TPSA) is 58.6 Å². The van der Waals surface area contributed by atoms with E-state index in [0.29, 0.717) is 12.5 Å². The molecule has 0 radical (unpaired) electrons. The van der Waals surface area contributed by atoms with E-state index < -0.39 is 10.0 Å². The van der Waals surface area contributed by atoms with E-state index in [1.165, 1.54) is 11.1 Å². The molecule has 1 atom stereocenters. The molecule has 6 heteroatoms. The van der Waals surface area contributed by atoms with E-state index >= 15 is 0 Å². The molecule has 1 aromatic rings. The third-order valence-corrected chi connectivity index (χ3v) is 7.79. The Morgan fingerprint density at radius 3 is 2.80 bits per heavy atom. The first-order valence-corrected chi connectivity index (χ1v) is 10.9. The molecule has 3 aliphatic rings. The van der Waals surface area contributed by atoms with E-state index in [1.54, 1.807) is 0 Å². The number of benzene rings is 1. The molecule has 0 bridgehead atoms. The second-order valence-corrected chi connectivity index (χ2v) is 10.0. The molecule has 4 rings (SSSR count). The largest absolute Gasteiger partial charge is 0.372 e. The Morgan fingerprint density at radius 1 is 1.28 bits per heavy atom. The fourth-order valence-corrected chi connectivity index (χ4v) is 5.70. The Morgan fingerprint density at radius 2 is 2.08 bits per heavy atom. The van der Waals surface area contributed by atoms with Crippen molar-refractivity contribution in [2.24, 2.45) is 5.92 Å². The van der Waals surface area contributed by atoms with Gasteiger partial charge in [0.05, 0.1) is 10.9 Å². The van der Waals surface area contributed by atoms with Crippen LogP contribution in [0.3, 0.4) is 0 Å². The number of hydrogen-bond acceptors (Lipinski definition) is 4. The van der Waals surface area contributed by atoms with Crippen molar-refractivity contribution in [3.05, 3.63) is 35.4 Å². The summed E-state index contributed by atoms with van der Waals surface area (Å²) in [6.45, 7) is 6.36. The highest BCUT2D eigenvalue weighted by molar-refractivity contribution is 7.90. The van der Waals surface area contributed by atoms with Crippen LogP contribution in [-0.2, 0) is 21.3 Å². The van der Waals surface area contributed by atoms with E-state index in [9.17, 15) is 8.42 Å². The highest BCUT2D eigenvalue weighted by atomic mass is 32.2. The zero-order valence-electron chi connectivity index (χ0n) is 14.9. The Bertz CT molecular complexity index is 724. The van der Waals surface area contributed by atoms with Crippen molar-refractivity contribution >= 4 is 10.0 Å². The minimum absolute atomic E-state index is 0.0468. The van der Waals surface area contributed by atoms with Crippen LogP contribution in [-0.4, -0.2) is 50.4 Å². The summed E-state index contributed by atoms with van der Waals surface area (Å²) >= 11 is 0. The Labute approximate surface area is 150 Å². The lowest BCUT2D eigenvalue weighted by atomic mass is 9.79. The molecular weight excluding hydrogens is 336 g/mol. The Balaban J connectivity index is 1.27. The molecule has 1 saturated carbocycles. The number of nitrogens with zero attached hydrogens (tertiary/aromatic N) is 1. The molecule has 0 unspecified atom stereocenters. The van der Waals surface area contributed by atoms with Crippen LogP contribution in [0, 0.1) is 12.8 Å². The van der Waals surface area contributed by atoms with Crippen molar-refractivity contribution < 1.29 is 13.2 Å². The van der Waals surface area contributed by atoms with Crippen molar-refractivity contribution in [1.29, 1.82) is 0 Å².